The van der Waals surface area contributed by atoms with Crippen molar-refractivity contribution in [3.05, 3.63) is 0 Å². The monoisotopic (exact) mass is 611 g/mol. The summed E-state index contributed by atoms with van der Waals surface area (Å²) in [6.07, 6.45) is -1.07. The number of nitrogens with zero attached hydrogens (tertiary/aromatic N) is 2. The number of aliphatic hydroxyl groups is 1. The van der Waals surface area contributed by atoms with Crippen molar-refractivity contribution in [3.63, 3.8) is 0 Å². The summed E-state index contributed by atoms with van der Waals surface area (Å²) in [7, 11) is 0. The van der Waals surface area contributed by atoms with E-state index < -0.39 is 91.2 Å². The van der Waals surface area contributed by atoms with E-state index in [-0.39, 0.29) is 67.9 Å². The predicted octanol–water partition coefficient (Wildman–Crippen LogP) is -8.16. The van der Waals surface area contributed by atoms with Crippen LogP contribution in [0.3, 0.4) is 0 Å². The van der Waals surface area contributed by atoms with E-state index in [0.29, 0.717) is 6.42 Å². The van der Waals surface area contributed by atoms with Gasteiger partial charge in [-0.25, -0.2) is 4.79 Å². The largest absolute Gasteiger partial charge is 1.00 e. The van der Waals surface area contributed by atoms with Gasteiger partial charge in [-0.1, -0.05) is 0 Å². The van der Waals surface area contributed by atoms with Crippen molar-refractivity contribution in [3.8, 4) is 0 Å². The number of amides is 4. The van der Waals surface area contributed by atoms with Crippen molar-refractivity contribution in [1.29, 1.82) is 0 Å². The summed E-state index contributed by atoms with van der Waals surface area (Å²) in [5.74, 6) is -8.45. The van der Waals surface area contributed by atoms with Crippen molar-refractivity contribution in [2.45, 2.75) is 68.7 Å². The molecular weight excluding hydrogens is 575 g/mol. The van der Waals surface area contributed by atoms with E-state index in [1.54, 1.807) is 0 Å². The number of aliphatic hydroxyl groups excluding tert-OH is 1. The zero-order chi connectivity index (χ0) is 31.3. The topological polar surface area (TPSA) is 330 Å². The fourth-order valence-electron chi connectivity index (χ4n) is 3.93. The van der Waals surface area contributed by atoms with Crippen LogP contribution in [-0.4, -0.2) is 123 Å². The maximum absolute atomic E-state index is 13.3. The van der Waals surface area contributed by atoms with Gasteiger partial charge in [0.2, 0.25) is 23.6 Å². The molecule has 1 heterocycles. The van der Waals surface area contributed by atoms with Crippen LogP contribution >= 0.6 is 0 Å². The van der Waals surface area contributed by atoms with Gasteiger partial charge in [-0.15, -0.1) is 0 Å². The number of rotatable bonds is 17. The van der Waals surface area contributed by atoms with Gasteiger partial charge < -0.3 is 58.5 Å². The summed E-state index contributed by atoms with van der Waals surface area (Å²) in [5, 5.41) is 43.5. The fraction of sp³-hybridized carbons (Fsp3) is 0.636. The normalized spacial score (nSPS) is 16.9. The average molecular weight is 612 g/mol. The molecule has 20 heteroatoms. The van der Waals surface area contributed by atoms with Gasteiger partial charge in [-0.2, -0.15) is 0 Å². The first-order valence-corrected chi connectivity index (χ1v) is 12.5. The van der Waals surface area contributed by atoms with E-state index in [2.05, 4.69) is 15.6 Å². The third-order valence-electron chi connectivity index (χ3n) is 5.94. The van der Waals surface area contributed by atoms with Crippen LogP contribution in [0.15, 0.2) is 4.99 Å². The molecule has 0 aliphatic carbocycles. The summed E-state index contributed by atoms with van der Waals surface area (Å²) < 4.78 is 0. The molecule has 0 aromatic rings. The van der Waals surface area contributed by atoms with Gasteiger partial charge in [0, 0.05) is 13.1 Å². The number of aliphatic carboxylic acids is 3. The van der Waals surface area contributed by atoms with Crippen LogP contribution in [0.25, 0.3) is 0 Å². The summed E-state index contributed by atoms with van der Waals surface area (Å²) in [6, 6.07) is -7.50. The summed E-state index contributed by atoms with van der Waals surface area (Å²) in [6.45, 7) is -0.886. The van der Waals surface area contributed by atoms with Crippen LogP contribution in [0, 0.1) is 0 Å². The van der Waals surface area contributed by atoms with Gasteiger partial charge in [0.15, 0.2) is 5.96 Å². The molecule has 0 aromatic carbocycles. The van der Waals surface area contributed by atoms with Gasteiger partial charge >= 0.3 is 47.5 Å². The number of hydrogen-bond donors (Lipinski definition) is 10. The third-order valence-corrected chi connectivity index (χ3v) is 5.94. The average Bonchev–Trinajstić information content (AvgIpc) is 3.37. The molecule has 0 spiro atoms. The standard InChI is InChI=1S/C22H36N8O11.Na/c23-10(7-15(32)33)17(36)29-13(9-31)18(37)28-12(8-16(34)35)20(39)30-6-2-4-14(30)19(38)27-11(21(40)41)3-1-5-26-22(24)25;/h10-14,31H,1-9,23H2,(H,27,38)(H,28,37)(H,29,36)(H,32,33)(H,34,35)(H,40,41)(H4,24,25,26);/q;+1/t10-,11-,12-,13-,14-;/m0./s1. The van der Waals surface area contributed by atoms with Crippen molar-refractivity contribution >= 4 is 47.5 Å². The van der Waals surface area contributed by atoms with E-state index in [9.17, 15) is 48.9 Å². The zero-order valence-electron chi connectivity index (χ0n) is 23.0. The Labute approximate surface area is 261 Å². The Morgan fingerprint density at radius 3 is 2.00 bits per heavy atom. The molecule has 42 heavy (non-hydrogen) atoms. The Morgan fingerprint density at radius 1 is 0.881 bits per heavy atom. The van der Waals surface area contributed by atoms with Gasteiger partial charge in [0.25, 0.3) is 0 Å². The quantitative estimate of drug-likeness (QED) is 0.0316. The second-order valence-corrected chi connectivity index (χ2v) is 9.15. The Kier molecular flexibility index (Phi) is 17.2. The molecule has 5 atom stereocenters. The van der Waals surface area contributed by atoms with Crippen molar-refractivity contribution < 1.29 is 83.5 Å². The minimum atomic E-state index is -1.73. The molecule has 19 nitrogen and oxygen atoms in total. The molecule has 13 N–H and O–H groups in total. The first kappa shape index (κ1) is 38.5. The maximum atomic E-state index is 13.3. The molecule has 0 unspecified atom stereocenters. The number of carbonyl (C=O) groups excluding carboxylic acids is 4. The Balaban J connectivity index is 0.0000168. The zero-order valence-corrected chi connectivity index (χ0v) is 25.0. The minimum Gasteiger partial charge on any atom is -0.481 e. The van der Waals surface area contributed by atoms with E-state index in [0.717, 1.165) is 4.90 Å². The molecule has 1 fully saturated rings. The molecule has 1 aliphatic rings. The summed E-state index contributed by atoms with van der Waals surface area (Å²) in [5.41, 5.74) is 15.9. The Hall–Kier alpha value is -3.52. The molecular formula is C22H36N8NaO11+. The van der Waals surface area contributed by atoms with Crippen molar-refractivity contribution in [1.82, 2.24) is 20.9 Å². The van der Waals surface area contributed by atoms with E-state index in [1.807, 2.05) is 5.32 Å². The van der Waals surface area contributed by atoms with Crippen LogP contribution in [0.4, 0.5) is 0 Å². The molecule has 0 saturated carbocycles. The Bertz CT molecular complexity index is 1040. The molecule has 1 saturated heterocycles. The van der Waals surface area contributed by atoms with Gasteiger partial charge in [-0.3, -0.25) is 33.8 Å². The number of carbonyl (C=O) groups is 7. The summed E-state index contributed by atoms with van der Waals surface area (Å²) in [4.78, 5) is 89.5. The van der Waals surface area contributed by atoms with Crippen LogP contribution in [0.5, 0.6) is 0 Å². The van der Waals surface area contributed by atoms with Gasteiger partial charge in [-0.05, 0) is 25.7 Å². The maximum Gasteiger partial charge on any atom is 1.00 e. The first-order valence-electron chi connectivity index (χ1n) is 12.5. The molecule has 4 amide bonds. The number of likely N-dealkylation sites (tertiary alicyclic amines) is 1. The minimum absolute atomic E-state index is 0. The molecule has 0 aromatic heterocycles. The summed E-state index contributed by atoms with van der Waals surface area (Å²) >= 11 is 0. The van der Waals surface area contributed by atoms with Gasteiger partial charge in [0.1, 0.15) is 24.2 Å². The number of hydrogen-bond acceptors (Lipinski definition) is 10. The molecule has 0 bridgehead atoms. The number of aliphatic imine (C=N–C) groups is 1. The van der Waals surface area contributed by atoms with Crippen molar-refractivity contribution in [2.75, 3.05) is 19.7 Å². The van der Waals surface area contributed by atoms with Crippen LogP contribution in [0.2, 0.25) is 0 Å². The SMILES string of the molecule is NC(N)=NCCC[C@H](NC(=O)[C@@H]1CCCN1C(=O)[C@H](CC(=O)O)NC(=O)[C@H](CO)NC(=O)[C@@H](N)CC(=O)O)C(=O)O.[Na+]. The second kappa shape index (κ2) is 18.8. The van der Waals surface area contributed by atoms with Crippen LogP contribution in [-0.2, 0) is 33.6 Å². The number of nitrogens with one attached hydrogen (secondary N) is 3. The number of carboxylic acid groups (broad SMARTS) is 3. The third kappa shape index (κ3) is 13.0. The molecule has 230 valence electrons. The molecule has 1 aliphatic heterocycles. The fourth-order valence-corrected chi connectivity index (χ4v) is 3.93. The van der Waals surface area contributed by atoms with Crippen molar-refractivity contribution in [2.24, 2.45) is 22.2 Å². The molecule has 0 radical (unpaired) electrons. The smallest absolute Gasteiger partial charge is 0.481 e. The number of carboxylic acids is 3. The van der Waals surface area contributed by atoms with E-state index in [1.165, 1.54) is 0 Å². The van der Waals surface area contributed by atoms with E-state index >= 15 is 0 Å². The number of guanidine groups is 1. The van der Waals surface area contributed by atoms with E-state index in [4.69, 9.17) is 22.3 Å². The predicted molar refractivity (Wildman–Crippen MR) is 138 cm³/mol. The van der Waals surface area contributed by atoms with Crippen LogP contribution < -0.4 is 62.7 Å². The second-order valence-electron chi connectivity index (χ2n) is 9.15. The molecule has 1 rings (SSSR count). The first-order chi connectivity index (χ1) is 19.2. The Morgan fingerprint density at radius 2 is 1.48 bits per heavy atom. The number of nitrogens with two attached hydrogens (primary N) is 3. The van der Waals surface area contributed by atoms with Gasteiger partial charge in [0.05, 0.1) is 25.5 Å². The van der Waals surface area contributed by atoms with Crippen LogP contribution in [0.1, 0.15) is 38.5 Å².